The van der Waals surface area contributed by atoms with Crippen LogP contribution in [0.25, 0.3) is 0 Å². The van der Waals surface area contributed by atoms with Crippen LogP contribution in [-0.2, 0) is 10.0 Å². The van der Waals surface area contributed by atoms with E-state index in [1.165, 1.54) is 7.11 Å². The zero-order valence-electron chi connectivity index (χ0n) is 14.4. The fourth-order valence-electron chi connectivity index (χ4n) is 2.96. The van der Waals surface area contributed by atoms with Crippen molar-refractivity contribution in [2.45, 2.75) is 11.7 Å². The van der Waals surface area contributed by atoms with Gasteiger partial charge >= 0.3 is 0 Å². The van der Waals surface area contributed by atoms with Gasteiger partial charge in [-0.2, -0.15) is 0 Å². The van der Waals surface area contributed by atoms with Crippen LogP contribution >= 0.6 is 0 Å². The quantitative estimate of drug-likeness (QED) is 0.732. The predicted octanol–water partition coefficient (Wildman–Crippen LogP) is 1.26. The minimum absolute atomic E-state index is 0.211. The van der Waals surface area contributed by atoms with E-state index < -0.39 is 15.3 Å². The topological polar surface area (TPSA) is 96.9 Å². The van der Waals surface area contributed by atoms with Crippen LogP contribution < -0.4 is 14.8 Å². The third-order valence-electron chi connectivity index (χ3n) is 4.26. The number of hydrogen-bond acceptors (Lipinski definition) is 5. The number of aliphatic imine (C=N–C) groups is 1. The summed E-state index contributed by atoms with van der Waals surface area (Å²) in [5.74, 6) is 0.519. The molecule has 1 saturated heterocycles. The van der Waals surface area contributed by atoms with Crippen molar-refractivity contribution < 1.29 is 17.9 Å². The van der Waals surface area contributed by atoms with E-state index >= 15 is 0 Å². The molecule has 138 valence electrons. The number of nitrogens with zero attached hydrogens (tertiary/aromatic N) is 1. The summed E-state index contributed by atoms with van der Waals surface area (Å²) < 4.78 is 31.8. The number of sulfonamides is 1. The molecule has 1 aliphatic carbocycles. The van der Waals surface area contributed by atoms with Gasteiger partial charge in [0.15, 0.2) is 0 Å². The van der Waals surface area contributed by atoms with E-state index in [2.05, 4.69) is 15.0 Å². The maximum absolute atomic E-state index is 12.2. The standard InChI is InChI=1S/C18H21N3O4S/c1-25-15-9-4-2-7-13(15)18(22)20-12-6-11-19-17-14-8-3-5-10-16(14)26(23,24)21-17/h2-5,7-10,14,16H,6,11-12H2,1H3,(H,19,21)(H,20,22). The Morgan fingerprint density at radius 2 is 2.04 bits per heavy atom. The first-order valence-corrected chi connectivity index (χ1v) is 9.90. The number of hydrogen-bond donors (Lipinski definition) is 2. The van der Waals surface area contributed by atoms with E-state index in [-0.39, 0.29) is 11.8 Å². The van der Waals surface area contributed by atoms with Crippen LogP contribution in [0.3, 0.4) is 0 Å². The molecule has 1 heterocycles. The van der Waals surface area contributed by atoms with Crippen LogP contribution in [0.4, 0.5) is 0 Å². The van der Waals surface area contributed by atoms with Crippen molar-refractivity contribution in [3.63, 3.8) is 0 Å². The molecule has 2 N–H and O–H groups in total. The number of amides is 1. The largest absolute Gasteiger partial charge is 0.496 e. The second-order valence-electron chi connectivity index (χ2n) is 5.98. The van der Waals surface area contributed by atoms with Gasteiger partial charge in [-0.3, -0.25) is 14.5 Å². The molecule has 0 aromatic heterocycles. The van der Waals surface area contributed by atoms with E-state index in [1.807, 2.05) is 12.2 Å². The number of methoxy groups -OCH3 is 1. The number of carbonyl (C=O) groups is 1. The van der Waals surface area contributed by atoms with E-state index in [9.17, 15) is 13.2 Å². The van der Waals surface area contributed by atoms with Crippen molar-refractivity contribution in [1.82, 2.24) is 10.0 Å². The predicted molar refractivity (Wildman–Crippen MR) is 99.9 cm³/mol. The average molecular weight is 375 g/mol. The smallest absolute Gasteiger partial charge is 0.255 e. The zero-order valence-corrected chi connectivity index (χ0v) is 15.2. The zero-order chi connectivity index (χ0) is 18.6. The summed E-state index contributed by atoms with van der Waals surface area (Å²) in [7, 11) is -1.88. The van der Waals surface area contributed by atoms with Gasteiger partial charge in [-0.05, 0) is 18.6 Å². The van der Waals surface area contributed by atoms with Gasteiger partial charge < -0.3 is 10.1 Å². The SMILES string of the molecule is COc1ccccc1C(=O)NCCCN=C1NS(=O)(=O)C2C=CC=CC12. The highest BCUT2D eigenvalue weighted by Crippen LogP contribution is 2.26. The molecular formula is C18H21N3O4S. The second-order valence-corrected chi connectivity index (χ2v) is 7.82. The molecule has 26 heavy (non-hydrogen) atoms. The lowest BCUT2D eigenvalue weighted by molar-refractivity contribution is 0.0950. The van der Waals surface area contributed by atoms with Crippen LogP contribution in [0.1, 0.15) is 16.8 Å². The van der Waals surface area contributed by atoms with E-state index in [0.717, 1.165) is 0 Å². The highest BCUT2D eigenvalue weighted by Gasteiger charge is 2.42. The first-order valence-electron chi connectivity index (χ1n) is 8.35. The third-order valence-corrected chi connectivity index (χ3v) is 5.92. The van der Waals surface area contributed by atoms with Crippen molar-refractivity contribution in [2.75, 3.05) is 20.2 Å². The summed E-state index contributed by atoms with van der Waals surface area (Å²) in [5, 5.41) is 2.23. The number of para-hydroxylation sites is 1. The molecular weight excluding hydrogens is 354 g/mol. The Kier molecular flexibility index (Phi) is 5.41. The van der Waals surface area contributed by atoms with Crippen LogP contribution in [0.5, 0.6) is 5.75 Å². The van der Waals surface area contributed by atoms with Gasteiger partial charge in [0.2, 0.25) is 10.0 Å². The van der Waals surface area contributed by atoms with Crippen molar-refractivity contribution in [3.8, 4) is 5.75 Å². The Bertz CT molecular complexity index is 874. The van der Waals surface area contributed by atoms with Gasteiger partial charge in [-0.25, -0.2) is 8.42 Å². The Balaban J connectivity index is 1.51. The number of ether oxygens (including phenoxy) is 1. The number of benzene rings is 1. The van der Waals surface area contributed by atoms with Gasteiger partial charge in [0.05, 0.1) is 18.6 Å². The number of nitrogens with one attached hydrogen (secondary N) is 2. The molecule has 2 atom stereocenters. The third kappa shape index (κ3) is 3.80. The van der Waals surface area contributed by atoms with Crippen molar-refractivity contribution in [1.29, 1.82) is 0 Å². The van der Waals surface area contributed by atoms with Crippen LogP contribution in [-0.4, -0.2) is 45.6 Å². The Hall–Kier alpha value is -2.61. The summed E-state index contributed by atoms with van der Waals surface area (Å²) in [5.41, 5.74) is 0.479. The molecule has 2 unspecified atom stereocenters. The fraction of sp³-hybridized carbons (Fsp3) is 0.333. The van der Waals surface area contributed by atoms with Gasteiger partial charge in [0, 0.05) is 13.1 Å². The van der Waals surface area contributed by atoms with E-state index in [0.29, 0.717) is 36.7 Å². The molecule has 0 bridgehead atoms. The number of fused-ring (bicyclic) bond motifs is 1. The maximum Gasteiger partial charge on any atom is 0.255 e. The number of rotatable bonds is 6. The lowest BCUT2D eigenvalue weighted by Gasteiger charge is -2.11. The Labute approximate surface area is 152 Å². The first-order chi connectivity index (χ1) is 12.5. The van der Waals surface area contributed by atoms with Gasteiger partial charge in [-0.1, -0.05) is 36.4 Å². The summed E-state index contributed by atoms with van der Waals surface area (Å²) in [6.45, 7) is 0.856. The molecule has 3 rings (SSSR count). The second kappa shape index (κ2) is 7.74. The summed E-state index contributed by atoms with van der Waals surface area (Å²) >= 11 is 0. The lowest BCUT2D eigenvalue weighted by Crippen LogP contribution is -2.26. The molecule has 0 spiro atoms. The highest BCUT2D eigenvalue weighted by atomic mass is 32.2. The minimum atomic E-state index is -3.40. The van der Waals surface area contributed by atoms with Crippen molar-refractivity contribution >= 4 is 21.8 Å². The maximum atomic E-state index is 12.2. The normalized spacial score (nSPS) is 24.1. The molecule has 0 radical (unpaired) electrons. The molecule has 2 aliphatic rings. The summed E-state index contributed by atoms with van der Waals surface area (Å²) in [6.07, 6.45) is 7.67. The minimum Gasteiger partial charge on any atom is -0.496 e. The Morgan fingerprint density at radius 3 is 2.85 bits per heavy atom. The van der Waals surface area contributed by atoms with Gasteiger partial charge in [0.25, 0.3) is 5.91 Å². The van der Waals surface area contributed by atoms with E-state index in [1.54, 1.807) is 36.4 Å². The summed E-state index contributed by atoms with van der Waals surface area (Å²) in [4.78, 5) is 16.6. The molecule has 1 aromatic carbocycles. The first kappa shape index (κ1) is 18.2. The van der Waals surface area contributed by atoms with Gasteiger partial charge in [0.1, 0.15) is 16.8 Å². The lowest BCUT2D eigenvalue weighted by atomic mass is 9.99. The molecule has 1 fully saturated rings. The van der Waals surface area contributed by atoms with Gasteiger partial charge in [-0.15, -0.1) is 0 Å². The number of carbonyl (C=O) groups excluding carboxylic acids is 1. The monoisotopic (exact) mass is 375 g/mol. The van der Waals surface area contributed by atoms with Crippen molar-refractivity contribution in [2.24, 2.45) is 10.9 Å². The van der Waals surface area contributed by atoms with Crippen molar-refractivity contribution in [3.05, 3.63) is 54.1 Å². The Morgan fingerprint density at radius 1 is 1.27 bits per heavy atom. The molecule has 1 amide bonds. The molecule has 1 aromatic rings. The highest BCUT2D eigenvalue weighted by molar-refractivity contribution is 7.91. The van der Waals surface area contributed by atoms with E-state index in [4.69, 9.17) is 4.74 Å². The van der Waals surface area contributed by atoms with Crippen LogP contribution in [0.15, 0.2) is 53.6 Å². The molecule has 0 saturated carbocycles. The molecule has 1 aliphatic heterocycles. The molecule has 8 heteroatoms. The van der Waals surface area contributed by atoms with Crippen LogP contribution in [0, 0.1) is 5.92 Å². The molecule has 7 nitrogen and oxygen atoms in total. The summed E-state index contributed by atoms with van der Waals surface area (Å²) in [6, 6.07) is 7.01. The number of allylic oxidation sites excluding steroid dienone is 2. The average Bonchev–Trinajstić information content (AvgIpc) is 2.92. The van der Waals surface area contributed by atoms with Crippen LogP contribution in [0.2, 0.25) is 0 Å². The fourth-order valence-corrected chi connectivity index (χ4v) is 4.49. The number of amidine groups is 1.